The van der Waals surface area contributed by atoms with Crippen molar-refractivity contribution in [1.29, 1.82) is 0 Å². The van der Waals surface area contributed by atoms with Crippen molar-refractivity contribution in [2.45, 2.75) is 59.9 Å². The highest BCUT2D eigenvalue weighted by Gasteiger charge is 2.37. The molecule has 0 aromatic heterocycles. The van der Waals surface area contributed by atoms with Crippen LogP contribution in [0.4, 0.5) is 0 Å². The second-order valence-corrected chi connectivity index (χ2v) is 8.00. The average Bonchev–Trinajstić information content (AvgIpc) is 2.61. The Morgan fingerprint density at radius 2 is 1.79 bits per heavy atom. The zero-order chi connectivity index (χ0) is 14.0. The van der Waals surface area contributed by atoms with E-state index in [1.807, 2.05) is 0 Å². The fourth-order valence-electron chi connectivity index (χ4n) is 4.19. The Labute approximate surface area is 120 Å². The van der Waals surface area contributed by atoms with Crippen molar-refractivity contribution in [3.05, 3.63) is 0 Å². The zero-order valence-electron chi connectivity index (χ0n) is 13.7. The van der Waals surface area contributed by atoms with E-state index in [0.717, 1.165) is 30.3 Å². The van der Waals surface area contributed by atoms with E-state index in [-0.39, 0.29) is 0 Å². The summed E-state index contributed by atoms with van der Waals surface area (Å²) in [6.07, 6.45) is 4.14. The molecule has 2 nitrogen and oxygen atoms in total. The van der Waals surface area contributed by atoms with Crippen molar-refractivity contribution in [1.82, 2.24) is 10.2 Å². The number of rotatable bonds is 4. The van der Waals surface area contributed by atoms with Crippen LogP contribution in [0.3, 0.4) is 0 Å². The Morgan fingerprint density at radius 1 is 1.16 bits per heavy atom. The molecule has 0 spiro atoms. The Bertz CT molecular complexity index is 277. The molecule has 1 N–H and O–H groups in total. The van der Waals surface area contributed by atoms with Gasteiger partial charge in [-0.2, -0.15) is 0 Å². The van der Waals surface area contributed by atoms with Crippen molar-refractivity contribution in [3.8, 4) is 0 Å². The lowest BCUT2D eigenvalue weighted by atomic mass is 9.69. The van der Waals surface area contributed by atoms with Gasteiger partial charge in [-0.3, -0.25) is 0 Å². The van der Waals surface area contributed by atoms with Gasteiger partial charge in [-0.1, -0.05) is 34.6 Å². The minimum Gasteiger partial charge on any atom is -0.314 e. The Kier molecular flexibility index (Phi) is 4.94. The Morgan fingerprint density at radius 3 is 2.37 bits per heavy atom. The summed E-state index contributed by atoms with van der Waals surface area (Å²) >= 11 is 0. The number of likely N-dealkylation sites (tertiary alicyclic amines) is 1. The monoisotopic (exact) mass is 266 g/mol. The summed E-state index contributed by atoms with van der Waals surface area (Å²) in [6, 6.07) is 0.754. The Balaban J connectivity index is 1.94. The second kappa shape index (κ2) is 6.13. The van der Waals surface area contributed by atoms with Crippen LogP contribution in [-0.2, 0) is 0 Å². The first-order chi connectivity index (χ1) is 8.91. The molecule has 0 radical (unpaired) electrons. The first kappa shape index (κ1) is 15.3. The lowest BCUT2D eigenvalue weighted by molar-refractivity contribution is 0.107. The minimum absolute atomic E-state index is 0.549. The van der Waals surface area contributed by atoms with Crippen molar-refractivity contribution in [2.75, 3.05) is 26.2 Å². The number of nitrogens with one attached hydrogen (secondary N) is 1. The third-order valence-corrected chi connectivity index (χ3v) is 5.54. The van der Waals surface area contributed by atoms with Gasteiger partial charge in [0.1, 0.15) is 0 Å². The smallest absolute Gasteiger partial charge is 0.0108 e. The molecular weight excluding hydrogens is 232 g/mol. The van der Waals surface area contributed by atoms with Gasteiger partial charge in [0.2, 0.25) is 0 Å². The van der Waals surface area contributed by atoms with Crippen LogP contribution < -0.4 is 5.32 Å². The van der Waals surface area contributed by atoms with Crippen molar-refractivity contribution >= 4 is 0 Å². The molecule has 2 rings (SSSR count). The largest absolute Gasteiger partial charge is 0.314 e. The number of hydrogen-bond acceptors (Lipinski definition) is 2. The summed E-state index contributed by atoms with van der Waals surface area (Å²) in [4.78, 5) is 2.73. The molecule has 4 unspecified atom stereocenters. The van der Waals surface area contributed by atoms with E-state index in [1.165, 1.54) is 38.9 Å². The van der Waals surface area contributed by atoms with E-state index in [9.17, 15) is 0 Å². The van der Waals surface area contributed by atoms with E-state index in [2.05, 4.69) is 44.8 Å². The predicted molar refractivity (Wildman–Crippen MR) is 83.4 cm³/mol. The molecule has 1 aliphatic carbocycles. The van der Waals surface area contributed by atoms with Gasteiger partial charge in [0, 0.05) is 25.7 Å². The summed E-state index contributed by atoms with van der Waals surface area (Å²) in [6.45, 7) is 17.1. The van der Waals surface area contributed by atoms with Gasteiger partial charge in [0.25, 0.3) is 0 Å². The van der Waals surface area contributed by atoms with Crippen LogP contribution in [0.25, 0.3) is 0 Å². The summed E-state index contributed by atoms with van der Waals surface area (Å²) in [7, 11) is 0. The molecule has 0 aromatic carbocycles. The molecule has 2 fully saturated rings. The summed E-state index contributed by atoms with van der Waals surface area (Å²) in [5.41, 5.74) is 0.549. The summed E-state index contributed by atoms with van der Waals surface area (Å²) in [5, 5.41) is 3.74. The van der Waals surface area contributed by atoms with Crippen LogP contribution in [0.5, 0.6) is 0 Å². The number of nitrogens with zero attached hydrogens (tertiary/aromatic N) is 1. The van der Waals surface area contributed by atoms with Gasteiger partial charge in [-0.15, -0.1) is 0 Å². The van der Waals surface area contributed by atoms with Crippen LogP contribution >= 0.6 is 0 Å². The molecule has 1 heterocycles. The standard InChI is InChI=1S/C17H34N2/c1-6-18-16-7-8-17(4,5)9-15(16)12-19-10-13(2)14(3)11-19/h13-16,18H,6-12H2,1-5H3. The molecule has 1 aliphatic heterocycles. The van der Waals surface area contributed by atoms with Crippen molar-refractivity contribution in [3.63, 3.8) is 0 Å². The highest BCUT2D eigenvalue weighted by molar-refractivity contribution is 4.91. The van der Waals surface area contributed by atoms with E-state index >= 15 is 0 Å². The Hall–Kier alpha value is -0.0800. The van der Waals surface area contributed by atoms with Gasteiger partial charge < -0.3 is 10.2 Å². The van der Waals surface area contributed by atoms with Gasteiger partial charge in [-0.25, -0.2) is 0 Å². The second-order valence-electron chi connectivity index (χ2n) is 8.00. The highest BCUT2D eigenvalue weighted by atomic mass is 15.2. The van der Waals surface area contributed by atoms with Gasteiger partial charge >= 0.3 is 0 Å². The third kappa shape index (κ3) is 3.95. The molecule has 1 saturated heterocycles. The highest BCUT2D eigenvalue weighted by Crippen LogP contribution is 2.39. The van der Waals surface area contributed by atoms with E-state index in [4.69, 9.17) is 0 Å². The number of hydrogen-bond donors (Lipinski definition) is 1. The maximum atomic E-state index is 3.74. The minimum atomic E-state index is 0.549. The van der Waals surface area contributed by atoms with Crippen LogP contribution in [0, 0.1) is 23.2 Å². The molecule has 4 atom stereocenters. The molecule has 0 bridgehead atoms. The fourth-order valence-corrected chi connectivity index (χ4v) is 4.19. The molecule has 0 aromatic rings. The zero-order valence-corrected chi connectivity index (χ0v) is 13.7. The van der Waals surface area contributed by atoms with E-state index in [1.54, 1.807) is 0 Å². The third-order valence-electron chi connectivity index (χ3n) is 5.54. The molecule has 2 heteroatoms. The molecule has 19 heavy (non-hydrogen) atoms. The predicted octanol–water partition coefficient (Wildman–Crippen LogP) is 3.38. The molecule has 2 aliphatic rings. The lowest BCUT2D eigenvalue weighted by Crippen LogP contribution is -2.47. The van der Waals surface area contributed by atoms with Crippen molar-refractivity contribution in [2.24, 2.45) is 23.2 Å². The maximum Gasteiger partial charge on any atom is 0.0108 e. The van der Waals surface area contributed by atoms with Crippen LogP contribution in [-0.4, -0.2) is 37.1 Å². The van der Waals surface area contributed by atoms with Crippen molar-refractivity contribution < 1.29 is 0 Å². The molecule has 0 amide bonds. The van der Waals surface area contributed by atoms with Gasteiger partial charge in [-0.05, 0) is 49.0 Å². The fraction of sp³-hybridized carbons (Fsp3) is 1.00. The van der Waals surface area contributed by atoms with Gasteiger partial charge in [0.15, 0.2) is 0 Å². The normalized spacial score (nSPS) is 39.6. The topological polar surface area (TPSA) is 15.3 Å². The summed E-state index contributed by atoms with van der Waals surface area (Å²) < 4.78 is 0. The van der Waals surface area contributed by atoms with E-state index < -0.39 is 0 Å². The first-order valence-electron chi connectivity index (χ1n) is 8.37. The SMILES string of the molecule is CCNC1CCC(C)(C)CC1CN1CC(C)C(C)C1. The molecule has 1 saturated carbocycles. The maximum absolute atomic E-state index is 3.74. The lowest BCUT2D eigenvalue weighted by Gasteiger charge is -2.42. The van der Waals surface area contributed by atoms with Crippen LogP contribution in [0.15, 0.2) is 0 Å². The van der Waals surface area contributed by atoms with Gasteiger partial charge in [0.05, 0.1) is 0 Å². The summed E-state index contributed by atoms with van der Waals surface area (Å²) in [5.74, 6) is 2.62. The first-order valence-corrected chi connectivity index (χ1v) is 8.37. The van der Waals surface area contributed by atoms with Crippen LogP contribution in [0.2, 0.25) is 0 Å². The molecular formula is C17H34N2. The van der Waals surface area contributed by atoms with Crippen LogP contribution in [0.1, 0.15) is 53.9 Å². The quantitative estimate of drug-likeness (QED) is 0.839. The average molecular weight is 266 g/mol. The molecule has 112 valence electrons. The van der Waals surface area contributed by atoms with E-state index in [0.29, 0.717) is 5.41 Å².